The first-order valence-electron chi connectivity index (χ1n) is 6.85. The van der Waals surface area contributed by atoms with Crippen LogP contribution in [0.2, 0.25) is 0 Å². The molecule has 1 fully saturated rings. The summed E-state index contributed by atoms with van der Waals surface area (Å²) in [5, 5.41) is 3.61. The molecule has 0 amide bonds. The molecular weight excluding hydrogens is 320 g/mol. The van der Waals surface area contributed by atoms with E-state index in [0.717, 1.165) is 22.8 Å². The first-order valence-corrected chi connectivity index (χ1v) is 9.04. The summed E-state index contributed by atoms with van der Waals surface area (Å²) in [5.74, 6) is 1.15. The molecule has 1 aliphatic carbocycles. The standard InChI is InChI=1S/C15H23BrN2S/c1-11(10-19-3)18(2)15-8-13(16)5-4-12(15)9-17-14-6-7-14/h4-5,8,11,14,17H,6-7,9-10H2,1-3H3. The Balaban J connectivity index is 2.12. The first-order chi connectivity index (χ1) is 9.11. The van der Waals surface area contributed by atoms with Crippen molar-refractivity contribution in [2.45, 2.75) is 38.4 Å². The largest absolute Gasteiger partial charge is 0.371 e. The summed E-state index contributed by atoms with van der Waals surface area (Å²) < 4.78 is 1.15. The Labute approximate surface area is 129 Å². The minimum absolute atomic E-state index is 0.545. The van der Waals surface area contributed by atoms with Crippen LogP contribution >= 0.6 is 27.7 Å². The van der Waals surface area contributed by atoms with E-state index in [2.05, 4.69) is 64.6 Å². The highest BCUT2D eigenvalue weighted by Crippen LogP contribution is 2.28. The summed E-state index contributed by atoms with van der Waals surface area (Å²) in [6.07, 6.45) is 4.84. The van der Waals surface area contributed by atoms with Crippen LogP contribution in [0.1, 0.15) is 25.3 Å². The van der Waals surface area contributed by atoms with E-state index in [9.17, 15) is 0 Å². The lowest BCUT2D eigenvalue weighted by atomic mass is 10.1. The van der Waals surface area contributed by atoms with Crippen molar-refractivity contribution in [1.82, 2.24) is 5.32 Å². The van der Waals surface area contributed by atoms with E-state index in [1.165, 1.54) is 24.1 Å². The normalized spacial score (nSPS) is 16.4. The summed E-state index contributed by atoms with van der Waals surface area (Å²) in [6, 6.07) is 7.91. The molecule has 0 aliphatic heterocycles. The zero-order valence-electron chi connectivity index (χ0n) is 11.9. The molecule has 1 aliphatic rings. The number of thioether (sulfide) groups is 1. The molecule has 0 radical (unpaired) electrons. The lowest BCUT2D eigenvalue weighted by molar-refractivity contribution is 0.680. The average molecular weight is 343 g/mol. The fourth-order valence-electron chi connectivity index (χ4n) is 2.15. The van der Waals surface area contributed by atoms with Gasteiger partial charge in [-0.15, -0.1) is 0 Å². The molecule has 1 atom stereocenters. The molecule has 1 N–H and O–H groups in total. The van der Waals surface area contributed by atoms with Gasteiger partial charge in [-0.05, 0) is 43.7 Å². The van der Waals surface area contributed by atoms with Crippen LogP contribution in [0.3, 0.4) is 0 Å². The number of hydrogen-bond acceptors (Lipinski definition) is 3. The van der Waals surface area contributed by atoms with Crippen molar-refractivity contribution in [2.24, 2.45) is 0 Å². The second kappa shape index (κ2) is 7.00. The lowest BCUT2D eigenvalue weighted by Crippen LogP contribution is -2.32. The number of anilines is 1. The first kappa shape index (κ1) is 15.2. The van der Waals surface area contributed by atoms with Crippen LogP contribution in [-0.4, -0.2) is 31.1 Å². The Morgan fingerprint density at radius 2 is 2.21 bits per heavy atom. The third-order valence-corrected chi connectivity index (χ3v) is 4.96. The van der Waals surface area contributed by atoms with Gasteiger partial charge in [-0.3, -0.25) is 0 Å². The lowest BCUT2D eigenvalue weighted by Gasteiger charge is -2.29. The van der Waals surface area contributed by atoms with E-state index in [1.807, 2.05) is 11.8 Å². The second-order valence-electron chi connectivity index (χ2n) is 5.34. The van der Waals surface area contributed by atoms with Gasteiger partial charge in [0.25, 0.3) is 0 Å². The van der Waals surface area contributed by atoms with Crippen molar-refractivity contribution in [1.29, 1.82) is 0 Å². The molecule has 4 heteroatoms. The van der Waals surface area contributed by atoms with Crippen molar-refractivity contribution in [3.05, 3.63) is 28.2 Å². The highest BCUT2D eigenvalue weighted by atomic mass is 79.9. The Bertz CT molecular complexity index is 421. The van der Waals surface area contributed by atoms with Crippen LogP contribution in [0, 0.1) is 0 Å². The maximum Gasteiger partial charge on any atom is 0.0423 e. The predicted molar refractivity (Wildman–Crippen MR) is 90.3 cm³/mol. The van der Waals surface area contributed by atoms with Crippen LogP contribution in [0.25, 0.3) is 0 Å². The number of nitrogens with one attached hydrogen (secondary N) is 1. The van der Waals surface area contributed by atoms with E-state index in [-0.39, 0.29) is 0 Å². The van der Waals surface area contributed by atoms with Gasteiger partial charge in [0.2, 0.25) is 0 Å². The van der Waals surface area contributed by atoms with Gasteiger partial charge in [0.1, 0.15) is 0 Å². The minimum Gasteiger partial charge on any atom is -0.371 e. The van der Waals surface area contributed by atoms with Crippen molar-refractivity contribution in [2.75, 3.05) is 24.0 Å². The summed E-state index contributed by atoms with van der Waals surface area (Å²) in [5.41, 5.74) is 2.73. The maximum absolute atomic E-state index is 3.61. The van der Waals surface area contributed by atoms with Gasteiger partial charge in [-0.1, -0.05) is 22.0 Å². The van der Waals surface area contributed by atoms with Gasteiger partial charge in [0.15, 0.2) is 0 Å². The molecular formula is C15H23BrN2S. The van der Waals surface area contributed by atoms with Crippen LogP contribution in [0.5, 0.6) is 0 Å². The zero-order valence-corrected chi connectivity index (χ0v) is 14.4. The number of nitrogens with zero attached hydrogens (tertiary/aromatic N) is 1. The molecule has 1 saturated carbocycles. The summed E-state index contributed by atoms with van der Waals surface area (Å²) >= 11 is 5.49. The molecule has 0 spiro atoms. The van der Waals surface area contributed by atoms with Crippen LogP contribution < -0.4 is 10.2 Å². The Morgan fingerprint density at radius 3 is 2.84 bits per heavy atom. The highest BCUT2D eigenvalue weighted by molar-refractivity contribution is 9.10. The topological polar surface area (TPSA) is 15.3 Å². The van der Waals surface area contributed by atoms with E-state index >= 15 is 0 Å². The Kier molecular flexibility index (Phi) is 5.60. The van der Waals surface area contributed by atoms with Gasteiger partial charge in [-0.25, -0.2) is 0 Å². The smallest absolute Gasteiger partial charge is 0.0423 e. The van der Waals surface area contributed by atoms with Gasteiger partial charge < -0.3 is 10.2 Å². The predicted octanol–water partition coefficient (Wildman–Crippen LogP) is 3.89. The fraction of sp³-hybridized carbons (Fsp3) is 0.600. The van der Waals surface area contributed by atoms with Crippen molar-refractivity contribution in [3.8, 4) is 0 Å². The summed E-state index contributed by atoms with van der Waals surface area (Å²) in [4.78, 5) is 2.39. The molecule has 0 heterocycles. The molecule has 0 bridgehead atoms. The van der Waals surface area contributed by atoms with Crippen molar-refractivity contribution < 1.29 is 0 Å². The number of hydrogen-bond donors (Lipinski definition) is 1. The molecule has 2 rings (SSSR count). The van der Waals surface area contributed by atoms with Gasteiger partial charge in [-0.2, -0.15) is 11.8 Å². The molecule has 0 saturated heterocycles. The monoisotopic (exact) mass is 342 g/mol. The van der Waals surface area contributed by atoms with Crippen molar-refractivity contribution >= 4 is 33.4 Å². The van der Waals surface area contributed by atoms with Crippen LogP contribution in [-0.2, 0) is 6.54 Å². The zero-order chi connectivity index (χ0) is 13.8. The third kappa shape index (κ3) is 4.40. The third-order valence-electron chi connectivity index (χ3n) is 3.65. The molecule has 19 heavy (non-hydrogen) atoms. The molecule has 1 unspecified atom stereocenters. The highest BCUT2D eigenvalue weighted by Gasteiger charge is 2.21. The van der Waals surface area contributed by atoms with E-state index in [1.54, 1.807) is 0 Å². The van der Waals surface area contributed by atoms with Gasteiger partial charge >= 0.3 is 0 Å². The van der Waals surface area contributed by atoms with Crippen molar-refractivity contribution in [3.63, 3.8) is 0 Å². The maximum atomic E-state index is 3.61. The summed E-state index contributed by atoms with van der Waals surface area (Å²) in [6.45, 7) is 3.26. The van der Waals surface area contributed by atoms with Crippen LogP contribution in [0.15, 0.2) is 22.7 Å². The number of benzene rings is 1. The fourth-order valence-corrected chi connectivity index (χ4v) is 3.20. The molecule has 1 aromatic rings. The van der Waals surface area contributed by atoms with E-state index < -0.39 is 0 Å². The Morgan fingerprint density at radius 1 is 1.47 bits per heavy atom. The molecule has 0 aromatic heterocycles. The quantitative estimate of drug-likeness (QED) is 0.809. The summed E-state index contributed by atoms with van der Waals surface area (Å²) in [7, 11) is 2.20. The van der Waals surface area contributed by atoms with E-state index in [0.29, 0.717) is 6.04 Å². The molecule has 2 nitrogen and oxygen atoms in total. The minimum atomic E-state index is 0.545. The molecule has 1 aromatic carbocycles. The second-order valence-corrected chi connectivity index (χ2v) is 7.17. The van der Waals surface area contributed by atoms with E-state index in [4.69, 9.17) is 0 Å². The van der Waals surface area contributed by atoms with Gasteiger partial charge in [0.05, 0.1) is 0 Å². The Hall–Kier alpha value is -0.190. The number of halogens is 1. The van der Waals surface area contributed by atoms with Crippen LogP contribution in [0.4, 0.5) is 5.69 Å². The number of rotatable bonds is 7. The SMILES string of the molecule is CSCC(C)N(C)c1cc(Br)ccc1CNC1CC1. The molecule has 106 valence electrons. The average Bonchev–Trinajstić information content (AvgIpc) is 3.20. The van der Waals surface area contributed by atoms with Gasteiger partial charge in [0, 0.05) is 41.6 Å².